The molecule has 3 nitrogen and oxygen atoms in total. The maximum Gasteiger partial charge on any atom is 0.0787 e. The second-order valence-electron chi connectivity index (χ2n) is 2.33. The summed E-state index contributed by atoms with van der Waals surface area (Å²) >= 11 is 0. The first-order valence-corrected chi connectivity index (χ1v) is 3.83. The van der Waals surface area contributed by atoms with Crippen LogP contribution in [0.25, 0.3) is 0 Å². The monoisotopic (exact) mass is 169 g/mol. The summed E-state index contributed by atoms with van der Waals surface area (Å²) < 4.78 is 0. The van der Waals surface area contributed by atoms with Crippen LogP contribution in [0.15, 0.2) is 30.3 Å². The van der Waals surface area contributed by atoms with Crippen LogP contribution < -0.4 is 5.90 Å². The zero-order valence-corrected chi connectivity index (χ0v) is 7.14. The topological polar surface area (TPSA) is 66.5 Å². The highest BCUT2D eigenvalue weighted by Gasteiger charge is 2.00. The van der Waals surface area contributed by atoms with E-state index in [4.69, 9.17) is 5.21 Å². The molecule has 0 spiro atoms. The highest BCUT2D eigenvalue weighted by atomic mass is 16.4. The first kappa shape index (κ1) is 11.1. The van der Waals surface area contributed by atoms with Crippen molar-refractivity contribution < 1.29 is 10.3 Å². The van der Waals surface area contributed by atoms with Crippen LogP contribution in [0, 0.1) is 0 Å². The van der Waals surface area contributed by atoms with Gasteiger partial charge in [-0.25, -0.2) is 5.90 Å². The Kier molecular flexibility index (Phi) is 6.28. The van der Waals surface area contributed by atoms with Gasteiger partial charge in [0.1, 0.15) is 0 Å². The molecular formula is C9H15NO2. The minimum Gasteiger partial charge on any atom is -0.388 e. The molecule has 12 heavy (non-hydrogen) atoms. The summed E-state index contributed by atoms with van der Waals surface area (Å²) in [6.07, 6.45) is 0.491. The molecule has 1 aromatic rings. The average Bonchev–Trinajstić information content (AvgIpc) is 2.21. The molecule has 0 saturated heterocycles. The van der Waals surface area contributed by atoms with E-state index in [9.17, 15) is 5.11 Å². The van der Waals surface area contributed by atoms with Crippen LogP contribution >= 0.6 is 0 Å². The maximum absolute atomic E-state index is 9.33. The second-order valence-corrected chi connectivity index (χ2v) is 2.33. The van der Waals surface area contributed by atoms with Crippen LogP contribution in [0.4, 0.5) is 0 Å². The molecule has 0 fully saturated rings. The van der Waals surface area contributed by atoms with Crippen LogP contribution in [0.1, 0.15) is 25.0 Å². The van der Waals surface area contributed by atoms with Crippen molar-refractivity contribution in [2.75, 3.05) is 0 Å². The summed E-state index contributed by atoms with van der Waals surface area (Å²) in [7, 11) is 0. The zero-order valence-electron chi connectivity index (χ0n) is 7.14. The van der Waals surface area contributed by atoms with Gasteiger partial charge in [-0.15, -0.1) is 0 Å². The Morgan fingerprint density at radius 2 is 1.75 bits per heavy atom. The summed E-state index contributed by atoms with van der Waals surface area (Å²) in [5, 5.41) is 15.8. The Hall–Kier alpha value is -0.900. The molecular weight excluding hydrogens is 154 g/mol. The lowest BCUT2D eigenvalue weighted by atomic mass is 10.1. The first-order valence-electron chi connectivity index (χ1n) is 3.83. The quantitative estimate of drug-likeness (QED) is 0.587. The summed E-state index contributed by atoms with van der Waals surface area (Å²) in [5.74, 6) is 3.50. The van der Waals surface area contributed by atoms with E-state index in [-0.39, 0.29) is 6.10 Å². The fourth-order valence-electron chi connectivity index (χ4n) is 0.911. The van der Waals surface area contributed by atoms with Crippen LogP contribution in [0.2, 0.25) is 0 Å². The van der Waals surface area contributed by atoms with Gasteiger partial charge in [-0.3, -0.25) is 0 Å². The number of hydrogen-bond acceptors (Lipinski definition) is 3. The van der Waals surface area contributed by atoms with Crippen LogP contribution in [0.5, 0.6) is 0 Å². The molecule has 0 aliphatic heterocycles. The van der Waals surface area contributed by atoms with E-state index in [2.05, 4.69) is 5.90 Å². The standard InChI is InChI=1S/C9H12O.H3NO/c1-2-9(10)8-6-4-3-5-7-8;1-2/h3-7,9-10H,2H2,1H3;2H,1H2. The van der Waals surface area contributed by atoms with E-state index in [1.165, 1.54) is 0 Å². The summed E-state index contributed by atoms with van der Waals surface area (Å²) in [6.45, 7) is 1.97. The number of aliphatic hydroxyl groups is 1. The molecule has 3 heteroatoms. The summed E-state index contributed by atoms with van der Waals surface area (Å²) in [5.41, 5.74) is 1.00. The lowest BCUT2D eigenvalue weighted by Crippen LogP contribution is -1.93. The molecule has 1 atom stereocenters. The SMILES string of the molecule is CCC(O)c1ccccc1.NO. The van der Waals surface area contributed by atoms with E-state index >= 15 is 0 Å². The summed E-state index contributed by atoms with van der Waals surface area (Å²) in [6, 6.07) is 9.70. The molecule has 0 bridgehead atoms. The molecule has 1 aromatic carbocycles. The van der Waals surface area contributed by atoms with Crippen molar-refractivity contribution >= 4 is 0 Å². The number of nitrogens with two attached hydrogens (primary N) is 1. The largest absolute Gasteiger partial charge is 0.388 e. The molecule has 0 saturated carbocycles. The number of aliphatic hydroxyl groups excluding tert-OH is 1. The van der Waals surface area contributed by atoms with Crippen LogP contribution in [-0.2, 0) is 0 Å². The molecule has 0 heterocycles. The van der Waals surface area contributed by atoms with Gasteiger partial charge in [0.2, 0.25) is 0 Å². The van der Waals surface area contributed by atoms with Gasteiger partial charge in [0.25, 0.3) is 0 Å². The van der Waals surface area contributed by atoms with Crippen LogP contribution in [-0.4, -0.2) is 10.3 Å². The van der Waals surface area contributed by atoms with E-state index in [1.54, 1.807) is 0 Å². The minimum absolute atomic E-state index is 0.291. The molecule has 0 aromatic heterocycles. The molecule has 4 N–H and O–H groups in total. The Morgan fingerprint density at radius 1 is 1.25 bits per heavy atom. The number of hydrogen-bond donors (Lipinski definition) is 3. The van der Waals surface area contributed by atoms with Crippen molar-refractivity contribution in [3.05, 3.63) is 35.9 Å². The van der Waals surface area contributed by atoms with Gasteiger partial charge < -0.3 is 10.3 Å². The van der Waals surface area contributed by atoms with Gasteiger partial charge in [-0.2, -0.15) is 0 Å². The van der Waals surface area contributed by atoms with E-state index < -0.39 is 0 Å². The smallest absolute Gasteiger partial charge is 0.0787 e. The Morgan fingerprint density at radius 3 is 2.17 bits per heavy atom. The highest BCUT2D eigenvalue weighted by Crippen LogP contribution is 2.14. The maximum atomic E-state index is 9.33. The highest BCUT2D eigenvalue weighted by molar-refractivity contribution is 5.16. The van der Waals surface area contributed by atoms with Gasteiger partial charge in [0.15, 0.2) is 0 Å². The van der Waals surface area contributed by atoms with Crippen molar-refractivity contribution in [1.29, 1.82) is 0 Å². The lowest BCUT2D eigenvalue weighted by molar-refractivity contribution is 0.173. The average molecular weight is 169 g/mol. The van der Waals surface area contributed by atoms with Crippen molar-refractivity contribution in [2.24, 2.45) is 5.90 Å². The van der Waals surface area contributed by atoms with Gasteiger partial charge in [0, 0.05) is 0 Å². The molecule has 0 amide bonds. The first-order chi connectivity index (χ1) is 5.84. The third-order valence-electron chi connectivity index (χ3n) is 1.57. The third kappa shape index (κ3) is 3.48. The van der Waals surface area contributed by atoms with Crippen molar-refractivity contribution in [3.8, 4) is 0 Å². The Balaban J connectivity index is 0.000000561. The molecule has 0 aliphatic rings. The molecule has 0 radical (unpaired) electrons. The van der Waals surface area contributed by atoms with Gasteiger partial charge in [-0.1, -0.05) is 37.3 Å². The molecule has 68 valence electrons. The van der Waals surface area contributed by atoms with Gasteiger partial charge >= 0.3 is 0 Å². The van der Waals surface area contributed by atoms with E-state index in [0.29, 0.717) is 0 Å². The second kappa shape index (κ2) is 6.79. The Labute approximate surface area is 72.4 Å². The molecule has 1 unspecified atom stereocenters. The van der Waals surface area contributed by atoms with Crippen molar-refractivity contribution in [3.63, 3.8) is 0 Å². The van der Waals surface area contributed by atoms with Crippen LogP contribution in [0.3, 0.4) is 0 Å². The lowest BCUT2D eigenvalue weighted by Gasteiger charge is -2.05. The van der Waals surface area contributed by atoms with Crippen molar-refractivity contribution in [1.82, 2.24) is 0 Å². The van der Waals surface area contributed by atoms with E-state index in [1.807, 2.05) is 37.3 Å². The van der Waals surface area contributed by atoms with E-state index in [0.717, 1.165) is 12.0 Å². The fourth-order valence-corrected chi connectivity index (χ4v) is 0.911. The molecule has 0 aliphatic carbocycles. The number of rotatable bonds is 2. The summed E-state index contributed by atoms with van der Waals surface area (Å²) in [4.78, 5) is 0. The predicted molar refractivity (Wildman–Crippen MR) is 47.7 cm³/mol. The number of benzene rings is 1. The predicted octanol–water partition coefficient (Wildman–Crippen LogP) is 1.46. The normalized spacial score (nSPS) is 11.3. The zero-order chi connectivity index (χ0) is 9.40. The van der Waals surface area contributed by atoms with Crippen molar-refractivity contribution in [2.45, 2.75) is 19.4 Å². The Bertz CT molecular complexity index is 189. The van der Waals surface area contributed by atoms with Gasteiger partial charge in [0.05, 0.1) is 6.10 Å². The third-order valence-corrected chi connectivity index (χ3v) is 1.57. The molecule has 1 rings (SSSR count). The minimum atomic E-state index is -0.291. The van der Waals surface area contributed by atoms with Gasteiger partial charge in [-0.05, 0) is 12.0 Å². The fraction of sp³-hybridized carbons (Fsp3) is 0.333.